The van der Waals surface area contributed by atoms with Crippen molar-refractivity contribution in [1.29, 1.82) is 0 Å². The average molecular weight is 406 g/mol. The van der Waals surface area contributed by atoms with Crippen LogP contribution in [0.2, 0.25) is 0 Å². The lowest BCUT2D eigenvalue weighted by Crippen LogP contribution is -2.46. The molecule has 3 aromatic rings. The highest BCUT2D eigenvalue weighted by Gasteiger charge is 2.25. The Hall–Kier alpha value is -3.35. The van der Waals surface area contributed by atoms with Crippen molar-refractivity contribution in [2.75, 3.05) is 38.7 Å². The molecule has 1 amide bonds. The van der Waals surface area contributed by atoms with Crippen LogP contribution in [0.4, 0.5) is 5.82 Å². The molecule has 7 heteroatoms. The Balaban J connectivity index is 1.31. The maximum absolute atomic E-state index is 12.7. The second kappa shape index (κ2) is 8.98. The van der Waals surface area contributed by atoms with E-state index in [1.165, 1.54) is 0 Å². The second-order valence-electron chi connectivity index (χ2n) is 7.64. The molecule has 0 aliphatic carbocycles. The fourth-order valence-electron chi connectivity index (χ4n) is 3.54. The van der Waals surface area contributed by atoms with Gasteiger partial charge in [-0.3, -0.25) is 4.79 Å². The van der Waals surface area contributed by atoms with Gasteiger partial charge in [0.1, 0.15) is 11.9 Å². The second-order valence-corrected chi connectivity index (χ2v) is 7.64. The van der Waals surface area contributed by atoms with Crippen LogP contribution in [0.5, 0.6) is 11.6 Å². The number of hydrogen-bond donors (Lipinski definition) is 0. The van der Waals surface area contributed by atoms with Crippen molar-refractivity contribution in [3.05, 3.63) is 54.6 Å². The molecule has 2 aromatic carbocycles. The van der Waals surface area contributed by atoms with E-state index in [1.54, 1.807) is 4.90 Å². The highest BCUT2D eigenvalue weighted by atomic mass is 16.5. The van der Waals surface area contributed by atoms with Crippen LogP contribution in [-0.4, -0.2) is 60.9 Å². The highest BCUT2D eigenvalue weighted by molar-refractivity contribution is 5.84. The van der Waals surface area contributed by atoms with Gasteiger partial charge in [-0.25, -0.2) is 0 Å². The van der Waals surface area contributed by atoms with Gasteiger partial charge in [0, 0.05) is 26.7 Å². The number of aromatic nitrogens is 2. The maximum Gasteiger partial charge on any atom is 0.260 e. The van der Waals surface area contributed by atoms with E-state index in [-0.39, 0.29) is 18.6 Å². The maximum atomic E-state index is 12.7. The SMILES string of the molecule is CN(C)c1ccc(OC2CCCN(C(=O)COc3ccc4ccccc4c3)C2)nn1. The van der Waals surface area contributed by atoms with Gasteiger partial charge >= 0.3 is 0 Å². The van der Waals surface area contributed by atoms with Gasteiger partial charge in [0.2, 0.25) is 5.88 Å². The molecule has 1 unspecified atom stereocenters. The van der Waals surface area contributed by atoms with Gasteiger partial charge in [0.05, 0.1) is 6.54 Å². The number of amides is 1. The van der Waals surface area contributed by atoms with Crippen molar-refractivity contribution in [2.45, 2.75) is 18.9 Å². The highest BCUT2D eigenvalue weighted by Crippen LogP contribution is 2.21. The van der Waals surface area contributed by atoms with Crippen molar-refractivity contribution in [2.24, 2.45) is 0 Å². The summed E-state index contributed by atoms with van der Waals surface area (Å²) < 4.78 is 11.7. The van der Waals surface area contributed by atoms with E-state index in [0.717, 1.165) is 29.4 Å². The summed E-state index contributed by atoms with van der Waals surface area (Å²) in [5, 5.41) is 10.5. The normalized spacial score (nSPS) is 16.3. The summed E-state index contributed by atoms with van der Waals surface area (Å²) >= 11 is 0. The van der Waals surface area contributed by atoms with E-state index in [4.69, 9.17) is 9.47 Å². The van der Waals surface area contributed by atoms with Gasteiger partial charge in [-0.2, -0.15) is 0 Å². The molecule has 0 saturated carbocycles. The van der Waals surface area contributed by atoms with E-state index in [2.05, 4.69) is 16.3 Å². The Morgan fingerprint density at radius 2 is 1.93 bits per heavy atom. The van der Waals surface area contributed by atoms with Crippen molar-refractivity contribution in [3.63, 3.8) is 0 Å². The minimum absolute atomic E-state index is 0.0163. The molecule has 4 rings (SSSR count). The van der Waals surface area contributed by atoms with Crippen molar-refractivity contribution >= 4 is 22.5 Å². The van der Waals surface area contributed by atoms with Gasteiger partial charge in [0.25, 0.3) is 5.91 Å². The van der Waals surface area contributed by atoms with Crippen LogP contribution in [0.1, 0.15) is 12.8 Å². The Bertz CT molecular complexity index is 1010. The molecular weight excluding hydrogens is 380 g/mol. The summed E-state index contributed by atoms with van der Waals surface area (Å²) in [6.45, 7) is 1.25. The van der Waals surface area contributed by atoms with Crippen molar-refractivity contribution in [3.8, 4) is 11.6 Å². The number of carbonyl (C=O) groups is 1. The number of anilines is 1. The zero-order valence-corrected chi connectivity index (χ0v) is 17.3. The summed E-state index contributed by atoms with van der Waals surface area (Å²) in [4.78, 5) is 16.3. The Labute approximate surface area is 176 Å². The van der Waals surface area contributed by atoms with Gasteiger partial charge in [-0.1, -0.05) is 30.3 Å². The molecule has 0 N–H and O–H groups in total. The molecule has 1 aromatic heterocycles. The summed E-state index contributed by atoms with van der Waals surface area (Å²) in [6, 6.07) is 17.6. The first kappa shape index (κ1) is 19.9. The predicted octanol–water partition coefficient (Wildman–Crippen LogP) is 3.14. The molecule has 0 spiro atoms. The minimum Gasteiger partial charge on any atom is -0.484 e. The molecule has 1 aliphatic heterocycles. The molecule has 1 fully saturated rings. The van der Waals surface area contributed by atoms with Crippen LogP contribution in [0, 0.1) is 0 Å². The van der Waals surface area contributed by atoms with E-state index in [1.807, 2.05) is 67.5 Å². The lowest BCUT2D eigenvalue weighted by molar-refractivity contribution is -0.136. The summed E-state index contributed by atoms with van der Waals surface area (Å²) in [7, 11) is 3.82. The molecule has 7 nitrogen and oxygen atoms in total. The van der Waals surface area contributed by atoms with Crippen LogP contribution in [0.25, 0.3) is 10.8 Å². The molecule has 1 aliphatic rings. The molecule has 30 heavy (non-hydrogen) atoms. The number of carbonyl (C=O) groups excluding carboxylic acids is 1. The lowest BCUT2D eigenvalue weighted by Gasteiger charge is -2.32. The third-order valence-corrected chi connectivity index (χ3v) is 5.19. The molecular formula is C23H26N4O3. The molecule has 156 valence electrons. The summed E-state index contributed by atoms with van der Waals surface area (Å²) in [5.41, 5.74) is 0. The largest absolute Gasteiger partial charge is 0.484 e. The fraction of sp³-hybridized carbons (Fsp3) is 0.348. The third-order valence-electron chi connectivity index (χ3n) is 5.19. The van der Waals surface area contributed by atoms with E-state index in [0.29, 0.717) is 24.7 Å². The average Bonchev–Trinajstić information content (AvgIpc) is 2.78. The number of fused-ring (bicyclic) bond motifs is 1. The summed E-state index contributed by atoms with van der Waals surface area (Å²) in [5.74, 6) is 1.91. The molecule has 1 saturated heterocycles. The lowest BCUT2D eigenvalue weighted by atomic mass is 10.1. The van der Waals surface area contributed by atoms with Crippen molar-refractivity contribution < 1.29 is 14.3 Å². The van der Waals surface area contributed by atoms with Crippen LogP contribution < -0.4 is 14.4 Å². The first-order chi connectivity index (χ1) is 14.6. The number of rotatable bonds is 6. The van der Waals surface area contributed by atoms with E-state index in [9.17, 15) is 4.79 Å². The first-order valence-electron chi connectivity index (χ1n) is 10.2. The van der Waals surface area contributed by atoms with Crippen LogP contribution in [0.3, 0.4) is 0 Å². The zero-order valence-electron chi connectivity index (χ0n) is 17.3. The Morgan fingerprint density at radius 1 is 1.10 bits per heavy atom. The van der Waals surface area contributed by atoms with Gasteiger partial charge in [0.15, 0.2) is 12.4 Å². The molecule has 2 heterocycles. The van der Waals surface area contributed by atoms with Gasteiger partial charge in [-0.05, 0) is 41.8 Å². The number of hydrogen-bond acceptors (Lipinski definition) is 6. The van der Waals surface area contributed by atoms with E-state index < -0.39 is 0 Å². The molecule has 1 atom stereocenters. The standard InChI is InChI=1S/C23H26N4O3/c1-26(2)21-11-12-22(25-24-21)30-20-8-5-13-27(15-20)23(28)16-29-19-10-9-17-6-3-4-7-18(17)14-19/h3-4,6-7,9-12,14,20H,5,8,13,15-16H2,1-2H3. The van der Waals surface area contributed by atoms with Crippen molar-refractivity contribution in [1.82, 2.24) is 15.1 Å². The molecule has 0 bridgehead atoms. The summed E-state index contributed by atoms with van der Waals surface area (Å²) in [6.07, 6.45) is 1.67. The first-order valence-corrected chi connectivity index (χ1v) is 10.2. The topological polar surface area (TPSA) is 67.8 Å². The zero-order chi connectivity index (χ0) is 20.9. The van der Waals surface area contributed by atoms with Crippen LogP contribution in [0.15, 0.2) is 54.6 Å². The smallest absolute Gasteiger partial charge is 0.260 e. The van der Waals surface area contributed by atoms with Crippen LogP contribution >= 0.6 is 0 Å². The molecule has 0 radical (unpaired) electrons. The fourth-order valence-corrected chi connectivity index (χ4v) is 3.54. The minimum atomic E-state index is -0.0946. The van der Waals surface area contributed by atoms with Crippen LogP contribution in [-0.2, 0) is 4.79 Å². The number of ether oxygens (including phenoxy) is 2. The Kier molecular flexibility index (Phi) is 5.97. The van der Waals surface area contributed by atoms with E-state index >= 15 is 0 Å². The number of benzene rings is 2. The monoisotopic (exact) mass is 406 g/mol. The number of piperidine rings is 1. The number of likely N-dealkylation sites (tertiary alicyclic amines) is 1. The van der Waals surface area contributed by atoms with Gasteiger partial charge < -0.3 is 19.3 Å². The van der Waals surface area contributed by atoms with Gasteiger partial charge in [-0.15, -0.1) is 10.2 Å². The number of nitrogens with zero attached hydrogens (tertiary/aromatic N) is 4. The third kappa shape index (κ3) is 4.79. The predicted molar refractivity (Wildman–Crippen MR) is 116 cm³/mol. The quantitative estimate of drug-likeness (QED) is 0.627. The Morgan fingerprint density at radius 3 is 2.70 bits per heavy atom.